The topological polar surface area (TPSA) is 92.4 Å². The second-order valence-electron chi connectivity index (χ2n) is 4.62. The van der Waals surface area contributed by atoms with Gasteiger partial charge in [0.15, 0.2) is 0 Å². The molecule has 1 aromatic carbocycles. The quantitative estimate of drug-likeness (QED) is 0.691. The molecule has 0 aliphatic rings. The van der Waals surface area contributed by atoms with E-state index in [0.717, 1.165) is 5.56 Å². The minimum absolute atomic E-state index is 0.0581. The lowest BCUT2D eigenvalue weighted by Crippen LogP contribution is -2.30. The van der Waals surface area contributed by atoms with Crippen LogP contribution in [0, 0.1) is 19.8 Å². The highest BCUT2D eigenvalue weighted by molar-refractivity contribution is 7.89. The van der Waals surface area contributed by atoms with E-state index in [2.05, 4.69) is 4.72 Å². The second kappa shape index (κ2) is 5.69. The van der Waals surface area contributed by atoms with Gasteiger partial charge in [-0.05, 0) is 43.0 Å². The maximum atomic E-state index is 12.1. The third-order valence-electron chi connectivity index (χ3n) is 2.77. The molecule has 0 aliphatic carbocycles. The Morgan fingerprint density at radius 2 is 2.00 bits per heavy atom. The van der Waals surface area contributed by atoms with Crippen LogP contribution in [0.15, 0.2) is 17.0 Å². The first-order valence-corrected chi connectivity index (χ1v) is 7.23. The van der Waals surface area contributed by atoms with Gasteiger partial charge in [0.25, 0.3) is 0 Å². The summed E-state index contributed by atoms with van der Waals surface area (Å²) >= 11 is 0. The van der Waals surface area contributed by atoms with Gasteiger partial charge in [0, 0.05) is 18.8 Å². The number of anilines is 1. The number of hydrogen-bond acceptors (Lipinski definition) is 4. The van der Waals surface area contributed by atoms with Crippen molar-refractivity contribution in [3.63, 3.8) is 0 Å². The summed E-state index contributed by atoms with van der Waals surface area (Å²) in [6.07, 6.45) is 0. The van der Waals surface area contributed by atoms with Crippen LogP contribution in [0.2, 0.25) is 0 Å². The Kier molecular flexibility index (Phi) is 4.72. The van der Waals surface area contributed by atoms with Gasteiger partial charge in [0.05, 0.1) is 4.90 Å². The SMILES string of the molecule is Cc1cc(N)c(C)c(S(=O)(=O)NCC(C)CO)c1. The lowest BCUT2D eigenvalue weighted by molar-refractivity contribution is 0.238. The first-order chi connectivity index (χ1) is 8.27. The molecule has 1 atom stereocenters. The highest BCUT2D eigenvalue weighted by Crippen LogP contribution is 2.22. The van der Waals surface area contributed by atoms with Gasteiger partial charge in [0.2, 0.25) is 10.0 Å². The molecule has 0 saturated heterocycles. The van der Waals surface area contributed by atoms with Gasteiger partial charge < -0.3 is 10.8 Å². The van der Waals surface area contributed by atoms with Crippen LogP contribution < -0.4 is 10.5 Å². The number of aliphatic hydroxyl groups excluding tert-OH is 1. The summed E-state index contributed by atoms with van der Waals surface area (Å²) in [5.41, 5.74) is 7.58. The summed E-state index contributed by atoms with van der Waals surface area (Å²) in [6.45, 7) is 5.38. The summed E-state index contributed by atoms with van der Waals surface area (Å²) in [6, 6.07) is 3.34. The maximum absolute atomic E-state index is 12.1. The van der Waals surface area contributed by atoms with E-state index < -0.39 is 10.0 Å². The number of sulfonamides is 1. The zero-order chi connectivity index (χ0) is 13.9. The highest BCUT2D eigenvalue weighted by atomic mass is 32.2. The number of aliphatic hydroxyl groups is 1. The fourth-order valence-electron chi connectivity index (χ4n) is 1.53. The van der Waals surface area contributed by atoms with Crippen LogP contribution in [-0.2, 0) is 10.0 Å². The number of benzene rings is 1. The third-order valence-corrected chi connectivity index (χ3v) is 4.32. The molecule has 0 radical (unpaired) electrons. The molecule has 0 saturated carbocycles. The summed E-state index contributed by atoms with van der Waals surface area (Å²) in [5, 5.41) is 8.89. The van der Waals surface area contributed by atoms with Gasteiger partial charge in [0.1, 0.15) is 0 Å². The van der Waals surface area contributed by atoms with Crippen molar-refractivity contribution in [3.8, 4) is 0 Å². The number of hydrogen-bond donors (Lipinski definition) is 3. The van der Waals surface area contributed by atoms with Crippen LogP contribution >= 0.6 is 0 Å². The van der Waals surface area contributed by atoms with Gasteiger partial charge in [-0.1, -0.05) is 6.92 Å². The Hall–Kier alpha value is -1.11. The van der Waals surface area contributed by atoms with Crippen molar-refractivity contribution in [3.05, 3.63) is 23.3 Å². The van der Waals surface area contributed by atoms with Crippen molar-refractivity contribution in [2.24, 2.45) is 5.92 Å². The number of nitrogens with one attached hydrogen (secondary N) is 1. The predicted octanol–water partition coefficient (Wildman–Crippen LogP) is 0.792. The average molecular weight is 272 g/mol. The molecule has 4 N–H and O–H groups in total. The molecule has 6 heteroatoms. The fourth-order valence-corrected chi connectivity index (χ4v) is 3.05. The average Bonchev–Trinajstić information content (AvgIpc) is 2.30. The van der Waals surface area contributed by atoms with E-state index in [1.165, 1.54) is 0 Å². The molecule has 1 aromatic rings. The van der Waals surface area contributed by atoms with E-state index in [4.69, 9.17) is 10.8 Å². The largest absolute Gasteiger partial charge is 0.398 e. The monoisotopic (exact) mass is 272 g/mol. The smallest absolute Gasteiger partial charge is 0.240 e. The molecule has 0 heterocycles. The van der Waals surface area contributed by atoms with Crippen molar-refractivity contribution in [1.82, 2.24) is 4.72 Å². The first kappa shape index (κ1) is 14.9. The molecule has 1 unspecified atom stereocenters. The Balaban J connectivity index is 3.05. The van der Waals surface area contributed by atoms with Gasteiger partial charge in [-0.3, -0.25) is 0 Å². The van der Waals surface area contributed by atoms with Crippen LogP contribution in [0.1, 0.15) is 18.1 Å². The molecule has 0 amide bonds. The Bertz CT molecular complexity index is 526. The normalized spacial score (nSPS) is 13.6. The van der Waals surface area contributed by atoms with E-state index in [0.29, 0.717) is 11.3 Å². The molecule has 5 nitrogen and oxygen atoms in total. The highest BCUT2D eigenvalue weighted by Gasteiger charge is 2.19. The van der Waals surface area contributed by atoms with Gasteiger partial charge >= 0.3 is 0 Å². The first-order valence-electron chi connectivity index (χ1n) is 5.75. The molecule has 0 spiro atoms. The van der Waals surface area contributed by atoms with Crippen molar-refractivity contribution in [1.29, 1.82) is 0 Å². The third kappa shape index (κ3) is 3.44. The molecule has 0 bridgehead atoms. The minimum atomic E-state index is -3.58. The molecular formula is C12H20N2O3S. The number of rotatable bonds is 5. The zero-order valence-corrected chi connectivity index (χ0v) is 11.7. The Morgan fingerprint density at radius 1 is 1.39 bits per heavy atom. The summed E-state index contributed by atoms with van der Waals surface area (Å²) in [7, 11) is -3.58. The van der Waals surface area contributed by atoms with Gasteiger partial charge in [-0.15, -0.1) is 0 Å². The molecule has 0 fully saturated rings. The summed E-state index contributed by atoms with van der Waals surface area (Å²) in [5.74, 6) is -0.123. The fraction of sp³-hybridized carbons (Fsp3) is 0.500. The van der Waals surface area contributed by atoms with E-state index in [1.807, 2.05) is 0 Å². The molecule has 18 heavy (non-hydrogen) atoms. The van der Waals surface area contributed by atoms with Crippen molar-refractivity contribution in [2.45, 2.75) is 25.7 Å². The van der Waals surface area contributed by atoms with Crippen LogP contribution in [-0.4, -0.2) is 26.7 Å². The van der Waals surface area contributed by atoms with Gasteiger partial charge in [-0.2, -0.15) is 0 Å². The lowest BCUT2D eigenvalue weighted by Gasteiger charge is -2.14. The molecule has 0 aromatic heterocycles. The summed E-state index contributed by atoms with van der Waals surface area (Å²) < 4.78 is 26.7. The Morgan fingerprint density at radius 3 is 2.56 bits per heavy atom. The van der Waals surface area contributed by atoms with Crippen LogP contribution in [0.4, 0.5) is 5.69 Å². The van der Waals surface area contributed by atoms with Gasteiger partial charge in [-0.25, -0.2) is 13.1 Å². The number of aryl methyl sites for hydroxylation is 1. The van der Waals surface area contributed by atoms with Crippen molar-refractivity contribution < 1.29 is 13.5 Å². The van der Waals surface area contributed by atoms with E-state index in [1.54, 1.807) is 32.9 Å². The van der Waals surface area contributed by atoms with Crippen LogP contribution in [0.3, 0.4) is 0 Å². The minimum Gasteiger partial charge on any atom is -0.398 e. The molecule has 0 aliphatic heterocycles. The van der Waals surface area contributed by atoms with E-state index in [9.17, 15) is 8.42 Å². The van der Waals surface area contributed by atoms with Crippen LogP contribution in [0.25, 0.3) is 0 Å². The predicted molar refractivity (Wildman–Crippen MR) is 71.8 cm³/mol. The zero-order valence-electron chi connectivity index (χ0n) is 10.9. The standard InChI is InChI=1S/C12H20N2O3S/c1-8-4-11(13)10(3)12(5-8)18(16,17)14-6-9(2)7-15/h4-5,9,14-15H,6-7,13H2,1-3H3. The van der Waals surface area contributed by atoms with E-state index in [-0.39, 0.29) is 24.0 Å². The number of nitrogen functional groups attached to an aromatic ring is 1. The summed E-state index contributed by atoms with van der Waals surface area (Å²) in [4.78, 5) is 0.199. The second-order valence-corrected chi connectivity index (χ2v) is 6.35. The van der Waals surface area contributed by atoms with E-state index >= 15 is 0 Å². The lowest BCUT2D eigenvalue weighted by atomic mass is 10.1. The maximum Gasteiger partial charge on any atom is 0.240 e. The number of nitrogens with two attached hydrogens (primary N) is 1. The van der Waals surface area contributed by atoms with Crippen LogP contribution in [0.5, 0.6) is 0 Å². The van der Waals surface area contributed by atoms with Crippen molar-refractivity contribution in [2.75, 3.05) is 18.9 Å². The van der Waals surface area contributed by atoms with Crippen molar-refractivity contribution >= 4 is 15.7 Å². The molecule has 1 rings (SSSR count). The Labute approximate surface area is 108 Å². The molecular weight excluding hydrogens is 252 g/mol. The molecule has 102 valence electrons.